The maximum Gasteiger partial charge on any atom is 0.416 e. The summed E-state index contributed by atoms with van der Waals surface area (Å²) in [7, 11) is 1.91. The van der Waals surface area contributed by atoms with Crippen LogP contribution in [0.25, 0.3) is 0 Å². The molecule has 0 aromatic carbocycles. The molecule has 1 aliphatic rings. The fourth-order valence-corrected chi connectivity index (χ4v) is 4.88. The molecule has 0 aliphatic carbocycles. The SMILES string of the molecule is CCC.CCC(C)=C/C(C(C)=O)=C1/C=NC=CN1C.C\C=C(/C=C(\C=C\CC)C(F)(F)F)NC(=O)c1csc(CC)c1CCC. The van der Waals surface area contributed by atoms with Crippen LogP contribution in [0, 0.1) is 0 Å². The van der Waals surface area contributed by atoms with Crippen molar-refractivity contribution in [2.24, 2.45) is 4.99 Å². The number of aryl methyl sites for hydroxylation is 1. The smallest absolute Gasteiger partial charge is 0.348 e. The van der Waals surface area contributed by atoms with Crippen LogP contribution in [-0.4, -0.2) is 36.0 Å². The van der Waals surface area contributed by atoms with E-state index in [1.54, 1.807) is 38.6 Å². The van der Waals surface area contributed by atoms with E-state index in [1.165, 1.54) is 35.5 Å². The number of thiophene rings is 1. The maximum absolute atomic E-state index is 13.2. The lowest BCUT2D eigenvalue weighted by Gasteiger charge is -2.19. The van der Waals surface area contributed by atoms with Crippen molar-refractivity contribution in [1.82, 2.24) is 10.2 Å². The van der Waals surface area contributed by atoms with Gasteiger partial charge in [-0.15, -0.1) is 11.3 Å². The predicted molar refractivity (Wildman–Crippen MR) is 186 cm³/mol. The van der Waals surface area contributed by atoms with Gasteiger partial charge in [-0.1, -0.05) is 84.3 Å². The summed E-state index contributed by atoms with van der Waals surface area (Å²) in [6.07, 6.45) is 12.9. The van der Waals surface area contributed by atoms with Gasteiger partial charge in [-0.3, -0.25) is 14.6 Å². The van der Waals surface area contributed by atoms with Gasteiger partial charge < -0.3 is 10.2 Å². The van der Waals surface area contributed by atoms with Gasteiger partial charge in [-0.25, -0.2) is 0 Å². The van der Waals surface area contributed by atoms with Crippen molar-refractivity contribution in [2.45, 2.75) is 107 Å². The van der Waals surface area contributed by atoms with Gasteiger partial charge in [0.25, 0.3) is 5.91 Å². The molecule has 2 heterocycles. The number of Topliss-reactive ketones (excluding diaryl/α,β-unsaturated/α-hetero) is 1. The summed E-state index contributed by atoms with van der Waals surface area (Å²) < 4.78 is 39.5. The van der Waals surface area contributed by atoms with E-state index in [9.17, 15) is 22.8 Å². The molecule has 0 fully saturated rings. The minimum atomic E-state index is -4.48. The second kappa shape index (κ2) is 22.1. The minimum Gasteiger partial charge on any atom is -0.348 e. The molecule has 0 unspecified atom stereocenters. The zero-order valence-electron chi connectivity index (χ0n) is 28.7. The van der Waals surface area contributed by atoms with Crippen LogP contribution in [0.1, 0.15) is 109 Å². The summed E-state index contributed by atoms with van der Waals surface area (Å²) in [6.45, 7) is 17.4. The van der Waals surface area contributed by atoms with Crippen LogP contribution < -0.4 is 5.32 Å². The monoisotopic (exact) mass is 647 g/mol. The van der Waals surface area contributed by atoms with Crippen LogP contribution in [-0.2, 0) is 17.6 Å². The summed E-state index contributed by atoms with van der Waals surface area (Å²) in [6, 6.07) is 0. The fraction of sp³-hybridized carbons (Fsp3) is 0.472. The molecule has 45 heavy (non-hydrogen) atoms. The summed E-state index contributed by atoms with van der Waals surface area (Å²) in [5, 5.41) is 4.41. The standard InChI is InChI=1S/C20H26F3NOS.C13H18N2O.C3H8/c1-5-9-11-14(20(21,22)23)12-15(7-3)24-19(25)17-13-26-18(8-4)16(17)10-6-2;1-5-10(2)8-12(11(3)16)13-9-14-6-7-15(13)4;1-3-2/h7,9,11-13H,5-6,8,10H2,1-4H3,(H,24,25);6-9H,5H2,1-4H3;3H2,1-2H3/b11-9+,14-12+,15-7+;10-8?,13-12+;. The van der Waals surface area contributed by atoms with Crippen molar-refractivity contribution in [2.75, 3.05) is 7.05 Å². The molecule has 5 nitrogen and oxygen atoms in total. The number of carbonyl (C=O) groups is 2. The zero-order chi connectivity index (χ0) is 34.6. The number of carbonyl (C=O) groups excluding carboxylic acids is 2. The van der Waals surface area contributed by atoms with E-state index in [0.29, 0.717) is 12.0 Å². The first kappa shape index (κ1) is 41.5. The lowest BCUT2D eigenvalue weighted by molar-refractivity contribution is -0.113. The number of halogens is 3. The van der Waals surface area contributed by atoms with Crippen LogP contribution in [0.3, 0.4) is 0 Å². The topological polar surface area (TPSA) is 61.8 Å². The number of amides is 1. The molecular formula is C36H52F3N3O2S. The Bertz CT molecular complexity index is 1310. The Labute approximate surface area is 273 Å². The molecule has 1 N–H and O–H groups in total. The molecule has 250 valence electrons. The van der Waals surface area contributed by atoms with E-state index in [1.807, 2.05) is 45.0 Å². The summed E-state index contributed by atoms with van der Waals surface area (Å²) in [5.74, 6) is -0.300. The van der Waals surface area contributed by atoms with Crippen molar-refractivity contribution in [1.29, 1.82) is 0 Å². The number of hydrogen-bond donors (Lipinski definition) is 1. The molecule has 1 aromatic heterocycles. The number of alkyl halides is 3. The normalized spacial score (nSPS) is 15.0. The Morgan fingerprint density at radius 2 is 1.71 bits per heavy atom. The third kappa shape index (κ3) is 14.9. The number of hydrogen-bond acceptors (Lipinski definition) is 5. The number of nitrogens with zero attached hydrogens (tertiary/aromatic N) is 2. The van der Waals surface area contributed by atoms with Crippen molar-refractivity contribution < 1.29 is 22.8 Å². The number of ketones is 1. The largest absolute Gasteiger partial charge is 0.416 e. The molecule has 1 aromatic rings. The second-order valence-electron chi connectivity index (χ2n) is 10.4. The van der Waals surface area contributed by atoms with Crippen LogP contribution >= 0.6 is 11.3 Å². The Morgan fingerprint density at radius 3 is 2.18 bits per heavy atom. The molecule has 1 amide bonds. The van der Waals surface area contributed by atoms with Gasteiger partial charge in [0.2, 0.25) is 0 Å². The fourth-order valence-electron chi connectivity index (χ4n) is 3.85. The highest BCUT2D eigenvalue weighted by atomic mass is 32.1. The van der Waals surface area contributed by atoms with E-state index in [2.05, 4.69) is 31.1 Å². The van der Waals surface area contributed by atoms with Crippen LogP contribution in [0.4, 0.5) is 13.2 Å². The lowest BCUT2D eigenvalue weighted by Crippen LogP contribution is -2.23. The van der Waals surface area contributed by atoms with Crippen LogP contribution in [0.2, 0.25) is 0 Å². The van der Waals surface area contributed by atoms with E-state index >= 15 is 0 Å². The molecule has 9 heteroatoms. The highest BCUT2D eigenvalue weighted by Gasteiger charge is 2.32. The Balaban J connectivity index is 0.000000866. The van der Waals surface area contributed by atoms with Gasteiger partial charge in [0.05, 0.1) is 23.0 Å². The molecule has 0 saturated heterocycles. The van der Waals surface area contributed by atoms with Gasteiger partial charge in [-0.05, 0) is 58.1 Å². The molecule has 2 rings (SSSR count). The average Bonchev–Trinajstić information content (AvgIpc) is 3.40. The summed E-state index contributed by atoms with van der Waals surface area (Å²) in [4.78, 5) is 31.3. The summed E-state index contributed by atoms with van der Waals surface area (Å²) in [5.41, 5.74) is 3.65. The Kier molecular flexibility index (Phi) is 20.4. The number of aliphatic imine (C=N–C) groups is 1. The van der Waals surface area contributed by atoms with E-state index < -0.39 is 11.7 Å². The molecule has 1 aliphatic heterocycles. The first-order chi connectivity index (χ1) is 21.2. The minimum absolute atomic E-state index is 0.0661. The zero-order valence-corrected chi connectivity index (χ0v) is 29.5. The number of rotatable bonds is 11. The van der Waals surface area contributed by atoms with Crippen molar-refractivity contribution >= 4 is 29.2 Å². The van der Waals surface area contributed by atoms with Gasteiger partial charge in [-0.2, -0.15) is 13.2 Å². The molecule has 0 bridgehead atoms. The van der Waals surface area contributed by atoms with E-state index in [4.69, 9.17) is 0 Å². The van der Waals surface area contributed by atoms with Crippen molar-refractivity contribution in [3.8, 4) is 0 Å². The van der Waals surface area contributed by atoms with E-state index in [-0.39, 0.29) is 17.4 Å². The first-order valence-corrected chi connectivity index (χ1v) is 16.5. The quantitative estimate of drug-likeness (QED) is 0.192. The Hall–Kier alpha value is -3.46. The Morgan fingerprint density at radius 1 is 1.07 bits per heavy atom. The molecular weight excluding hydrogens is 595 g/mol. The maximum atomic E-state index is 13.2. The third-order valence-electron chi connectivity index (χ3n) is 6.34. The molecule has 0 spiro atoms. The third-order valence-corrected chi connectivity index (χ3v) is 7.52. The van der Waals surface area contributed by atoms with Gasteiger partial charge in [0.1, 0.15) is 0 Å². The highest BCUT2D eigenvalue weighted by Crippen LogP contribution is 2.28. The lowest BCUT2D eigenvalue weighted by atomic mass is 10.0. The second-order valence-corrected chi connectivity index (χ2v) is 11.3. The van der Waals surface area contributed by atoms with Gasteiger partial charge in [0, 0.05) is 41.0 Å². The van der Waals surface area contributed by atoms with Crippen LogP contribution in [0.15, 0.2) is 81.3 Å². The number of nitrogens with one attached hydrogen (secondary N) is 1. The van der Waals surface area contributed by atoms with Crippen molar-refractivity contribution in [3.63, 3.8) is 0 Å². The summed E-state index contributed by atoms with van der Waals surface area (Å²) >= 11 is 1.52. The molecule has 0 saturated carbocycles. The molecule has 0 atom stereocenters. The highest BCUT2D eigenvalue weighted by molar-refractivity contribution is 7.10. The number of allylic oxidation sites excluding steroid dienone is 9. The van der Waals surface area contributed by atoms with E-state index in [0.717, 1.165) is 59.5 Å². The van der Waals surface area contributed by atoms with Crippen LogP contribution in [0.5, 0.6) is 0 Å². The average molecular weight is 648 g/mol. The first-order valence-electron chi connectivity index (χ1n) is 15.6. The van der Waals surface area contributed by atoms with Gasteiger partial charge in [0.15, 0.2) is 5.78 Å². The van der Waals surface area contributed by atoms with Gasteiger partial charge >= 0.3 is 6.18 Å². The van der Waals surface area contributed by atoms with Crippen molar-refractivity contribution in [3.05, 3.63) is 92.3 Å². The molecule has 0 radical (unpaired) electrons. The predicted octanol–water partition coefficient (Wildman–Crippen LogP) is 10.4.